The summed E-state index contributed by atoms with van der Waals surface area (Å²) in [5.41, 5.74) is 1.24. The first-order chi connectivity index (χ1) is 12.7. The minimum absolute atomic E-state index is 0.0646. The number of benzene rings is 1. The molecule has 1 aromatic carbocycles. The van der Waals surface area contributed by atoms with Gasteiger partial charge in [-0.25, -0.2) is 5.06 Å². The van der Waals surface area contributed by atoms with E-state index < -0.39 is 0 Å². The van der Waals surface area contributed by atoms with Gasteiger partial charge in [0.05, 0.1) is 0 Å². The van der Waals surface area contributed by atoms with Gasteiger partial charge in [0.1, 0.15) is 0 Å². The lowest BCUT2D eigenvalue weighted by molar-refractivity contribution is -0.177. The molecule has 2 unspecified atom stereocenters. The molecule has 1 fully saturated rings. The summed E-state index contributed by atoms with van der Waals surface area (Å²) in [5, 5.41) is 10.8. The number of unbranched alkanes of at least 4 members (excludes halogenated alkanes) is 9. The largest absolute Gasteiger partial charge is 0.286 e. The molecule has 1 aliphatic rings. The molecule has 1 N–H and O–H groups in total. The Morgan fingerprint density at radius 1 is 0.923 bits per heavy atom. The molecule has 0 radical (unpaired) electrons. The summed E-state index contributed by atoms with van der Waals surface area (Å²) < 4.78 is 0. The van der Waals surface area contributed by atoms with Crippen LogP contribution in [-0.4, -0.2) is 22.7 Å². The van der Waals surface area contributed by atoms with Crippen molar-refractivity contribution in [3.05, 3.63) is 35.9 Å². The maximum absolute atomic E-state index is 12.5. The molecular formula is C23H37NO2. The van der Waals surface area contributed by atoms with E-state index in [9.17, 15) is 10.0 Å². The van der Waals surface area contributed by atoms with Crippen molar-refractivity contribution in [2.75, 3.05) is 6.54 Å². The molecule has 0 bridgehead atoms. The Morgan fingerprint density at radius 2 is 1.50 bits per heavy atom. The van der Waals surface area contributed by atoms with Gasteiger partial charge in [-0.15, -0.1) is 0 Å². The van der Waals surface area contributed by atoms with Crippen LogP contribution in [0, 0.1) is 5.92 Å². The molecule has 2 rings (SSSR count). The van der Waals surface area contributed by atoms with Crippen LogP contribution in [0.1, 0.15) is 95.5 Å². The Bertz CT molecular complexity index is 502. The van der Waals surface area contributed by atoms with Crippen LogP contribution in [0.5, 0.6) is 0 Å². The van der Waals surface area contributed by atoms with Gasteiger partial charge in [-0.1, -0.05) is 101 Å². The van der Waals surface area contributed by atoms with Gasteiger partial charge in [-0.05, 0) is 24.3 Å². The van der Waals surface area contributed by atoms with E-state index in [2.05, 4.69) is 19.1 Å². The third-order valence-corrected chi connectivity index (χ3v) is 5.81. The van der Waals surface area contributed by atoms with Crippen LogP contribution in [0.4, 0.5) is 0 Å². The summed E-state index contributed by atoms with van der Waals surface area (Å²) in [7, 11) is 0. The number of rotatable bonds is 12. The van der Waals surface area contributed by atoms with E-state index in [-0.39, 0.29) is 17.7 Å². The number of carbonyl (C=O) groups is 1. The van der Waals surface area contributed by atoms with Gasteiger partial charge >= 0.3 is 0 Å². The maximum Gasteiger partial charge on any atom is 0.249 e. The molecule has 3 heteroatoms. The smallest absolute Gasteiger partial charge is 0.249 e. The van der Waals surface area contributed by atoms with Crippen molar-refractivity contribution >= 4 is 5.91 Å². The lowest BCUT2D eigenvalue weighted by Gasteiger charge is -2.35. The highest BCUT2D eigenvalue weighted by Crippen LogP contribution is 2.36. The second-order valence-corrected chi connectivity index (χ2v) is 7.84. The molecule has 0 aromatic heterocycles. The van der Waals surface area contributed by atoms with Gasteiger partial charge in [0.15, 0.2) is 0 Å². The summed E-state index contributed by atoms with van der Waals surface area (Å²) in [5.74, 6) is 0.108. The molecule has 0 aliphatic carbocycles. The van der Waals surface area contributed by atoms with Gasteiger partial charge < -0.3 is 0 Å². The molecule has 0 saturated carbocycles. The predicted molar refractivity (Wildman–Crippen MR) is 107 cm³/mol. The molecule has 2 atom stereocenters. The SMILES string of the molecule is CCCCCCCCCCCCC1C(=O)N(O)CCC1c1ccccc1. The first-order valence-electron chi connectivity index (χ1n) is 10.8. The highest BCUT2D eigenvalue weighted by molar-refractivity contribution is 5.79. The van der Waals surface area contributed by atoms with Gasteiger partial charge in [-0.2, -0.15) is 0 Å². The number of hydrogen-bond donors (Lipinski definition) is 1. The van der Waals surface area contributed by atoms with E-state index in [1.807, 2.05) is 18.2 Å². The molecule has 1 heterocycles. The third kappa shape index (κ3) is 6.75. The highest BCUT2D eigenvalue weighted by Gasteiger charge is 2.36. The molecule has 1 saturated heterocycles. The van der Waals surface area contributed by atoms with Crippen LogP contribution in [0.3, 0.4) is 0 Å². The predicted octanol–water partition coefficient (Wildman–Crippen LogP) is 6.32. The summed E-state index contributed by atoms with van der Waals surface area (Å²) in [4.78, 5) is 12.5. The van der Waals surface area contributed by atoms with Gasteiger partial charge in [0.25, 0.3) is 0 Å². The van der Waals surface area contributed by atoms with E-state index in [1.54, 1.807) is 0 Å². The molecule has 1 amide bonds. The van der Waals surface area contributed by atoms with Crippen molar-refractivity contribution in [3.63, 3.8) is 0 Å². The van der Waals surface area contributed by atoms with E-state index in [0.29, 0.717) is 6.54 Å². The normalized spacial score (nSPS) is 20.5. The Morgan fingerprint density at radius 3 is 2.12 bits per heavy atom. The first kappa shape index (κ1) is 21.0. The molecule has 0 spiro atoms. The average molecular weight is 360 g/mol. The van der Waals surface area contributed by atoms with Crippen molar-refractivity contribution in [3.8, 4) is 0 Å². The third-order valence-electron chi connectivity index (χ3n) is 5.81. The van der Waals surface area contributed by atoms with E-state index in [0.717, 1.165) is 24.3 Å². The number of amides is 1. The number of carbonyl (C=O) groups excluding carboxylic acids is 1. The van der Waals surface area contributed by atoms with Gasteiger partial charge in [-0.3, -0.25) is 10.0 Å². The Hall–Kier alpha value is -1.35. The average Bonchev–Trinajstić information content (AvgIpc) is 2.67. The molecule has 146 valence electrons. The van der Waals surface area contributed by atoms with Crippen LogP contribution < -0.4 is 0 Å². The standard InChI is InChI=1S/C23H37NO2/c1-2-3-4-5-6-7-8-9-10-14-17-22-21(18-19-24(26)23(22)25)20-15-12-11-13-16-20/h11-13,15-16,21-22,26H,2-10,14,17-19H2,1H3. The number of nitrogens with zero attached hydrogens (tertiary/aromatic N) is 1. The van der Waals surface area contributed by atoms with Crippen molar-refractivity contribution < 1.29 is 10.0 Å². The van der Waals surface area contributed by atoms with E-state index >= 15 is 0 Å². The van der Waals surface area contributed by atoms with E-state index in [4.69, 9.17) is 0 Å². The van der Waals surface area contributed by atoms with Gasteiger partial charge in [0, 0.05) is 12.5 Å². The topological polar surface area (TPSA) is 40.5 Å². The quantitative estimate of drug-likeness (QED) is 0.350. The zero-order chi connectivity index (χ0) is 18.6. The Labute approximate surface area is 159 Å². The summed E-state index contributed by atoms with van der Waals surface area (Å²) >= 11 is 0. The second kappa shape index (κ2) is 12.1. The summed E-state index contributed by atoms with van der Waals surface area (Å²) in [6.07, 6.45) is 14.8. The van der Waals surface area contributed by atoms with Crippen molar-refractivity contribution in [1.29, 1.82) is 0 Å². The fourth-order valence-electron chi connectivity index (χ4n) is 4.21. The van der Waals surface area contributed by atoms with Crippen LogP contribution in [0.25, 0.3) is 0 Å². The lowest BCUT2D eigenvalue weighted by Crippen LogP contribution is -2.42. The van der Waals surface area contributed by atoms with Crippen molar-refractivity contribution in [2.45, 2.75) is 89.9 Å². The molecule has 1 aromatic rings. The minimum Gasteiger partial charge on any atom is -0.286 e. The van der Waals surface area contributed by atoms with E-state index in [1.165, 1.54) is 63.4 Å². The van der Waals surface area contributed by atoms with Crippen LogP contribution in [0.15, 0.2) is 30.3 Å². The first-order valence-corrected chi connectivity index (χ1v) is 10.8. The molecule has 26 heavy (non-hydrogen) atoms. The fraction of sp³-hybridized carbons (Fsp3) is 0.696. The Balaban J connectivity index is 1.69. The molecule has 1 aliphatic heterocycles. The van der Waals surface area contributed by atoms with Crippen LogP contribution >= 0.6 is 0 Å². The van der Waals surface area contributed by atoms with Crippen LogP contribution in [-0.2, 0) is 4.79 Å². The molecule has 3 nitrogen and oxygen atoms in total. The van der Waals surface area contributed by atoms with Crippen LogP contribution in [0.2, 0.25) is 0 Å². The number of hydroxylamine groups is 2. The summed E-state index contributed by atoms with van der Waals surface area (Å²) in [6.45, 7) is 2.71. The number of hydrogen-bond acceptors (Lipinski definition) is 2. The van der Waals surface area contributed by atoms with Crippen molar-refractivity contribution in [1.82, 2.24) is 5.06 Å². The zero-order valence-electron chi connectivity index (χ0n) is 16.5. The summed E-state index contributed by atoms with van der Waals surface area (Å²) in [6, 6.07) is 10.3. The maximum atomic E-state index is 12.5. The second-order valence-electron chi connectivity index (χ2n) is 7.84. The lowest BCUT2D eigenvalue weighted by atomic mass is 9.78. The zero-order valence-corrected chi connectivity index (χ0v) is 16.5. The monoisotopic (exact) mass is 359 g/mol. The van der Waals surface area contributed by atoms with Gasteiger partial charge in [0.2, 0.25) is 5.91 Å². The molecular weight excluding hydrogens is 322 g/mol. The minimum atomic E-state index is -0.0824. The fourth-order valence-corrected chi connectivity index (χ4v) is 4.21. The Kier molecular flexibility index (Phi) is 9.76. The highest BCUT2D eigenvalue weighted by atomic mass is 16.5. The van der Waals surface area contributed by atoms with Crippen molar-refractivity contribution in [2.24, 2.45) is 5.92 Å². The number of piperidine rings is 1.